The molecule has 2 amide bonds. The summed E-state index contributed by atoms with van der Waals surface area (Å²) in [5.74, 6) is -0.320. The van der Waals surface area contributed by atoms with Crippen LogP contribution in [0.5, 0.6) is 0 Å². The summed E-state index contributed by atoms with van der Waals surface area (Å²) in [6.07, 6.45) is 0. The first-order valence-corrected chi connectivity index (χ1v) is 8.65. The zero-order valence-electron chi connectivity index (χ0n) is 14.4. The van der Waals surface area contributed by atoms with Gasteiger partial charge in [0.05, 0.1) is 0 Å². The van der Waals surface area contributed by atoms with Crippen LogP contribution in [0.1, 0.15) is 11.1 Å². The number of benzene rings is 2. The molecule has 3 rings (SSSR count). The van der Waals surface area contributed by atoms with E-state index in [2.05, 4.69) is 17.1 Å². The molecule has 0 aliphatic carbocycles. The van der Waals surface area contributed by atoms with Crippen LogP contribution in [0.15, 0.2) is 36.4 Å². The van der Waals surface area contributed by atoms with Crippen molar-refractivity contribution in [3.63, 3.8) is 0 Å². The van der Waals surface area contributed by atoms with Crippen molar-refractivity contribution < 1.29 is 9.18 Å². The van der Waals surface area contributed by atoms with Gasteiger partial charge in [0.1, 0.15) is 5.82 Å². The number of aryl methyl sites for hydroxylation is 2. The van der Waals surface area contributed by atoms with Gasteiger partial charge in [-0.2, -0.15) is 0 Å². The molecule has 0 aromatic heterocycles. The molecular formula is C19H21ClFN3O. The van der Waals surface area contributed by atoms with E-state index in [1.165, 1.54) is 6.07 Å². The van der Waals surface area contributed by atoms with Gasteiger partial charge in [-0.25, -0.2) is 9.18 Å². The van der Waals surface area contributed by atoms with Crippen LogP contribution in [0.2, 0.25) is 5.02 Å². The van der Waals surface area contributed by atoms with E-state index in [1.807, 2.05) is 18.2 Å². The van der Waals surface area contributed by atoms with Gasteiger partial charge in [0.2, 0.25) is 0 Å². The van der Waals surface area contributed by atoms with Gasteiger partial charge in [0.15, 0.2) is 0 Å². The zero-order chi connectivity index (χ0) is 18.0. The summed E-state index contributed by atoms with van der Waals surface area (Å²) in [6, 6.07) is 10.4. The van der Waals surface area contributed by atoms with Gasteiger partial charge >= 0.3 is 6.03 Å². The van der Waals surface area contributed by atoms with Gasteiger partial charge in [-0.1, -0.05) is 23.7 Å². The van der Waals surface area contributed by atoms with Crippen LogP contribution in [0.25, 0.3) is 0 Å². The average Bonchev–Trinajstić information content (AvgIpc) is 2.60. The second-order valence-corrected chi connectivity index (χ2v) is 6.74. The zero-order valence-corrected chi connectivity index (χ0v) is 15.1. The van der Waals surface area contributed by atoms with Crippen LogP contribution in [-0.4, -0.2) is 37.1 Å². The Bertz CT molecular complexity index is 788. The number of piperazine rings is 1. The predicted octanol–water partition coefficient (Wildman–Crippen LogP) is 4.45. The molecule has 1 aliphatic heterocycles. The highest BCUT2D eigenvalue weighted by Crippen LogP contribution is 2.25. The molecular weight excluding hydrogens is 341 g/mol. The molecule has 1 fully saturated rings. The van der Waals surface area contributed by atoms with Crippen molar-refractivity contribution in [1.29, 1.82) is 0 Å². The molecule has 0 unspecified atom stereocenters. The molecule has 1 aliphatic rings. The molecule has 1 heterocycles. The molecule has 25 heavy (non-hydrogen) atoms. The number of nitrogens with one attached hydrogen (secondary N) is 1. The lowest BCUT2D eigenvalue weighted by atomic mass is 10.1. The summed E-state index contributed by atoms with van der Waals surface area (Å²) in [5.41, 5.74) is 3.30. The first-order valence-electron chi connectivity index (χ1n) is 8.27. The highest BCUT2D eigenvalue weighted by atomic mass is 35.5. The van der Waals surface area contributed by atoms with E-state index in [1.54, 1.807) is 24.0 Å². The summed E-state index contributed by atoms with van der Waals surface area (Å²) in [7, 11) is 0. The minimum atomic E-state index is -0.320. The largest absolute Gasteiger partial charge is 0.368 e. The molecule has 0 radical (unpaired) electrons. The van der Waals surface area contributed by atoms with Crippen LogP contribution in [-0.2, 0) is 0 Å². The van der Waals surface area contributed by atoms with Crippen molar-refractivity contribution in [2.24, 2.45) is 0 Å². The number of urea groups is 1. The molecule has 6 heteroatoms. The smallest absolute Gasteiger partial charge is 0.321 e. The molecule has 0 saturated carbocycles. The third-order valence-corrected chi connectivity index (χ3v) is 4.74. The van der Waals surface area contributed by atoms with E-state index in [-0.39, 0.29) is 11.8 Å². The molecule has 0 spiro atoms. The van der Waals surface area contributed by atoms with Gasteiger partial charge in [-0.15, -0.1) is 0 Å². The second-order valence-electron chi connectivity index (χ2n) is 6.30. The molecule has 0 bridgehead atoms. The van der Waals surface area contributed by atoms with Crippen molar-refractivity contribution in [3.8, 4) is 0 Å². The quantitative estimate of drug-likeness (QED) is 0.857. The summed E-state index contributed by atoms with van der Waals surface area (Å²) in [4.78, 5) is 16.4. The van der Waals surface area contributed by atoms with Gasteiger partial charge in [0.25, 0.3) is 0 Å². The lowest BCUT2D eigenvalue weighted by molar-refractivity contribution is 0.208. The topological polar surface area (TPSA) is 35.6 Å². The third kappa shape index (κ3) is 4.04. The van der Waals surface area contributed by atoms with Crippen molar-refractivity contribution in [1.82, 2.24) is 4.90 Å². The maximum Gasteiger partial charge on any atom is 0.321 e. The van der Waals surface area contributed by atoms with Crippen molar-refractivity contribution in [2.45, 2.75) is 13.8 Å². The monoisotopic (exact) mass is 361 g/mol. The van der Waals surface area contributed by atoms with E-state index in [0.29, 0.717) is 29.4 Å². The minimum absolute atomic E-state index is 0.203. The van der Waals surface area contributed by atoms with Crippen LogP contribution in [0.4, 0.5) is 20.6 Å². The number of nitrogens with zero attached hydrogens (tertiary/aromatic N) is 2. The number of rotatable bonds is 2. The maximum atomic E-state index is 13.6. The number of hydrogen-bond donors (Lipinski definition) is 1. The van der Waals surface area contributed by atoms with Gasteiger partial charge in [-0.05, 0) is 49.2 Å². The van der Waals surface area contributed by atoms with E-state index < -0.39 is 0 Å². The van der Waals surface area contributed by atoms with Crippen LogP contribution >= 0.6 is 11.6 Å². The molecule has 2 aromatic rings. The Hall–Kier alpha value is -2.27. The first kappa shape index (κ1) is 17.5. The Labute approximate surface area is 152 Å². The number of carbonyl (C=O) groups is 1. The van der Waals surface area contributed by atoms with E-state index in [4.69, 9.17) is 11.6 Å². The molecule has 2 aromatic carbocycles. The highest BCUT2D eigenvalue weighted by molar-refractivity contribution is 6.30. The van der Waals surface area contributed by atoms with Crippen LogP contribution in [0, 0.1) is 19.7 Å². The summed E-state index contributed by atoms with van der Waals surface area (Å²) < 4.78 is 13.6. The molecule has 1 N–H and O–H groups in total. The maximum absolute atomic E-state index is 13.6. The Morgan fingerprint density at radius 3 is 2.40 bits per heavy atom. The van der Waals surface area contributed by atoms with Gasteiger partial charge in [0, 0.05) is 42.6 Å². The Kier molecular flexibility index (Phi) is 5.13. The summed E-state index contributed by atoms with van der Waals surface area (Å²) >= 11 is 6.10. The number of hydrogen-bond acceptors (Lipinski definition) is 2. The van der Waals surface area contributed by atoms with Crippen LogP contribution < -0.4 is 10.2 Å². The fourth-order valence-electron chi connectivity index (χ4n) is 2.95. The van der Waals surface area contributed by atoms with Crippen molar-refractivity contribution in [3.05, 3.63) is 58.4 Å². The van der Waals surface area contributed by atoms with E-state index >= 15 is 0 Å². The SMILES string of the molecule is Cc1ccc(NC(=O)N2CCN(c3cc(Cl)ccc3C)CC2)cc1F. The number of amides is 2. The third-order valence-electron chi connectivity index (χ3n) is 4.50. The van der Waals surface area contributed by atoms with Gasteiger partial charge in [-0.3, -0.25) is 0 Å². The normalized spacial score (nSPS) is 14.6. The summed E-state index contributed by atoms with van der Waals surface area (Å²) in [6.45, 7) is 6.42. The fourth-order valence-corrected chi connectivity index (χ4v) is 3.11. The van der Waals surface area contributed by atoms with Crippen LogP contribution in [0.3, 0.4) is 0 Å². The molecule has 132 valence electrons. The molecule has 4 nitrogen and oxygen atoms in total. The fraction of sp³-hybridized carbons (Fsp3) is 0.316. The Balaban J connectivity index is 1.60. The highest BCUT2D eigenvalue weighted by Gasteiger charge is 2.22. The summed E-state index contributed by atoms with van der Waals surface area (Å²) in [5, 5.41) is 3.47. The number of carbonyl (C=O) groups excluding carboxylic acids is 1. The lowest BCUT2D eigenvalue weighted by Crippen LogP contribution is -2.50. The van der Waals surface area contributed by atoms with Gasteiger partial charge < -0.3 is 15.1 Å². The molecule has 0 atom stereocenters. The van der Waals surface area contributed by atoms with E-state index in [0.717, 1.165) is 24.3 Å². The first-order chi connectivity index (χ1) is 11.9. The lowest BCUT2D eigenvalue weighted by Gasteiger charge is -2.36. The van der Waals surface area contributed by atoms with E-state index in [9.17, 15) is 9.18 Å². The Morgan fingerprint density at radius 2 is 1.72 bits per heavy atom. The minimum Gasteiger partial charge on any atom is -0.368 e. The average molecular weight is 362 g/mol. The second kappa shape index (κ2) is 7.31. The van der Waals surface area contributed by atoms with Crippen molar-refractivity contribution >= 4 is 29.0 Å². The predicted molar refractivity (Wildman–Crippen MR) is 100 cm³/mol. The standard InChI is InChI=1S/C19H21ClFN3O/c1-13-4-6-16(12-17(13)21)22-19(25)24-9-7-23(8-10-24)18-11-15(20)5-3-14(18)2/h3-6,11-12H,7-10H2,1-2H3,(H,22,25). The number of halogens is 2. The Morgan fingerprint density at radius 1 is 1.04 bits per heavy atom. The van der Waals surface area contributed by atoms with Crippen molar-refractivity contribution in [2.75, 3.05) is 36.4 Å². The molecule has 1 saturated heterocycles. The number of anilines is 2.